The molecule has 1 unspecified atom stereocenters. The molecule has 2 aromatic carbocycles. The Kier molecular flexibility index (Phi) is 9.37. The lowest BCUT2D eigenvalue weighted by molar-refractivity contribution is -0.142. The second-order valence-corrected chi connectivity index (χ2v) is 8.45. The molecule has 0 aromatic heterocycles. The van der Waals surface area contributed by atoms with Crippen LogP contribution < -0.4 is 10.1 Å². The van der Waals surface area contributed by atoms with E-state index >= 15 is 0 Å². The van der Waals surface area contributed by atoms with Crippen LogP contribution in [0.15, 0.2) is 46.9 Å². The molecule has 5 nitrogen and oxygen atoms in total. The van der Waals surface area contributed by atoms with Crippen molar-refractivity contribution < 1.29 is 14.3 Å². The Hall–Kier alpha value is -2.34. The van der Waals surface area contributed by atoms with Crippen molar-refractivity contribution in [1.82, 2.24) is 10.2 Å². The van der Waals surface area contributed by atoms with Crippen LogP contribution in [0.25, 0.3) is 0 Å². The van der Waals surface area contributed by atoms with E-state index in [0.29, 0.717) is 18.8 Å². The van der Waals surface area contributed by atoms with Crippen molar-refractivity contribution in [3.63, 3.8) is 0 Å². The van der Waals surface area contributed by atoms with E-state index in [1.165, 1.54) is 0 Å². The minimum absolute atomic E-state index is 0.120. The zero-order valence-corrected chi connectivity index (χ0v) is 19.8. The fourth-order valence-electron chi connectivity index (χ4n) is 3.04. The molecule has 30 heavy (non-hydrogen) atoms. The fraction of sp³-hybridized carbons (Fsp3) is 0.417. The summed E-state index contributed by atoms with van der Waals surface area (Å²) in [7, 11) is 0. The van der Waals surface area contributed by atoms with E-state index in [1.54, 1.807) is 11.8 Å². The Morgan fingerprint density at radius 2 is 1.93 bits per heavy atom. The van der Waals surface area contributed by atoms with Gasteiger partial charge in [-0.3, -0.25) is 9.59 Å². The molecule has 2 rings (SSSR count). The zero-order valence-electron chi connectivity index (χ0n) is 18.2. The van der Waals surface area contributed by atoms with Gasteiger partial charge in [0.1, 0.15) is 11.8 Å². The van der Waals surface area contributed by atoms with E-state index in [0.717, 1.165) is 34.0 Å². The second-order valence-electron chi connectivity index (χ2n) is 7.53. The fourth-order valence-corrected chi connectivity index (χ4v) is 3.48. The van der Waals surface area contributed by atoms with E-state index < -0.39 is 6.04 Å². The van der Waals surface area contributed by atoms with Gasteiger partial charge in [-0.2, -0.15) is 0 Å². The van der Waals surface area contributed by atoms with Gasteiger partial charge in [-0.05, 0) is 62.1 Å². The molecule has 0 heterocycles. The van der Waals surface area contributed by atoms with Crippen LogP contribution in [0.5, 0.6) is 5.75 Å². The molecule has 0 aliphatic heterocycles. The molecular weight excluding hydrogens is 444 g/mol. The maximum Gasteiger partial charge on any atom is 0.261 e. The summed E-state index contributed by atoms with van der Waals surface area (Å²) in [6.07, 6.45) is 1.91. The van der Waals surface area contributed by atoms with Crippen LogP contribution in [0.1, 0.15) is 43.4 Å². The summed E-state index contributed by atoms with van der Waals surface area (Å²) < 4.78 is 6.75. The normalized spacial score (nSPS) is 11.6. The minimum Gasteiger partial charge on any atom is -0.483 e. The molecule has 6 heteroatoms. The highest BCUT2D eigenvalue weighted by Crippen LogP contribution is 2.20. The highest BCUT2D eigenvalue weighted by atomic mass is 79.9. The summed E-state index contributed by atoms with van der Waals surface area (Å²) in [5.74, 6) is 0.304. The van der Waals surface area contributed by atoms with Crippen LogP contribution in [0.4, 0.5) is 0 Å². The first kappa shape index (κ1) is 23.9. The maximum absolute atomic E-state index is 13.1. The first-order chi connectivity index (χ1) is 14.3. The summed E-state index contributed by atoms with van der Waals surface area (Å²) in [4.78, 5) is 27.3. The van der Waals surface area contributed by atoms with Gasteiger partial charge in [-0.15, -0.1) is 0 Å². The second kappa shape index (κ2) is 11.7. The summed E-state index contributed by atoms with van der Waals surface area (Å²) >= 11 is 3.47. The van der Waals surface area contributed by atoms with Gasteiger partial charge in [-0.1, -0.05) is 53.5 Å². The van der Waals surface area contributed by atoms with E-state index in [1.807, 2.05) is 56.3 Å². The summed E-state index contributed by atoms with van der Waals surface area (Å²) in [5, 5.41) is 2.92. The third-order valence-corrected chi connectivity index (χ3v) is 5.43. The smallest absolute Gasteiger partial charge is 0.261 e. The van der Waals surface area contributed by atoms with Crippen LogP contribution >= 0.6 is 15.9 Å². The SMILES string of the molecule is CCCCNC(=O)C(C)N(Cc1cccc(Br)c1)C(=O)COc1cc(C)ccc1C. The number of ether oxygens (including phenoxy) is 1. The number of benzene rings is 2. The molecule has 0 aliphatic carbocycles. The topological polar surface area (TPSA) is 58.6 Å². The van der Waals surface area contributed by atoms with Crippen molar-refractivity contribution in [1.29, 1.82) is 0 Å². The molecule has 2 aromatic rings. The average Bonchev–Trinajstić information content (AvgIpc) is 2.72. The van der Waals surface area contributed by atoms with Crippen molar-refractivity contribution in [2.45, 2.75) is 53.1 Å². The van der Waals surface area contributed by atoms with Crippen molar-refractivity contribution >= 4 is 27.7 Å². The van der Waals surface area contributed by atoms with Crippen molar-refractivity contribution in [2.24, 2.45) is 0 Å². The predicted octanol–water partition coefficient (Wildman–Crippen LogP) is 4.78. The molecule has 0 saturated heterocycles. The molecule has 162 valence electrons. The molecule has 0 saturated carbocycles. The minimum atomic E-state index is -0.601. The van der Waals surface area contributed by atoms with Crippen molar-refractivity contribution in [3.8, 4) is 5.75 Å². The van der Waals surface area contributed by atoms with Crippen LogP contribution in [0.3, 0.4) is 0 Å². The molecule has 0 bridgehead atoms. The number of nitrogens with one attached hydrogen (secondary N) is 1. The Morgan fingerprint density at radius 3 is 2.63 bits per heavy atom. The number of unbranched alkanes of at least 4 members (excludes halogenated alkanes) is 1. The maximum atomic E-state index is 13.1. The van der Waals surface area contributed by atoms with Crippen LogP contribution in [-0.2, 0) is 16.1 Å². The molecule has 0 aliphatic rings. The van der Waals surface area contributed by atoms with Crippen LogP contribution in [0.2, 0.25) is 0 Å². The van der Waals surface area contributed by atoms with Crippen LogP contribution in [0, 0.1) is 13.8 Å². The average molecular weight is 475 g/mol. The lowest BCUT2D eigenvalue weighted by Crippen LogP contribution is -2.49. The molecule has 2 amide bonds. The Labute approximate surface area is 187 Å². The summed E-state index contributed by atoms with van der Waals surface area (Å²) in [5.41, 5.74) is 2.98. The summed E-state index contributed by atoms with van der Waals surface area (Å²) in [6, 6.07) is 13.0. The highest BCUT2D eigenvalue weighted by molar-refractivity contribution is 9.10. The lowest BCUT2D eigenvalue weighted by atomic mass is 10.1. The number of amides is 2. The van der Waals surface area contributed by atoms with E-state index in [-0.39, 0.29) is 18.4 Å². The van der Waals surface area contributed by atoms with Crippen LogP contribution in [-0.4, -0.2) is 35.9 Å². The number of aryl methyl sites for hydroxylation is 2. The standard InChI is InChI=1S/C24H31BrN2O3/c1-5-6-12-26-24(29)19(4)27(15-20-8-7-9-21(25)14-20)23(28)16-30-22-13-17(2)10-11-18(22)3/h7-11,13-14,19H,5-6,12,15-16H2,1-4H3,(H,26,29). The molecule has 0 spiro atoms. The monoisotopic (exact) mass is 474 g/mol. The third kappa shape index (κ3) is 7.17. The Balaban J connectivity index is 2.15. The number of hydrogen-bond donors (Lipinski definition) is 1. The van der Waals surface area contributed by atoms with E-state index in [2.05, 4.69) is 28.2 Å². The molecule has 1 N–H and O–H groups in total. The molecule has 1 atom stereocenters. The van der Waals surface area contributed by atoms with Gasteiger partial charge in [0.15, 0.2) is 6.61 Å². The number of halogens is 1. The van der Waals surface area contributed by atoms with Gasteiger partial charge in [0.25, 0.3) is 5.91 Å². The molecular formula is C24H31BrN2O3. The van der Waals surface area contributed by atoms with Gasteiger partial charge >= 0.3 is 0 Å². The third-order valence-electron chi connectivity index (χ3n) is 4.93. The van der Waals surface area contributed by atoms with Crippen molar-refractivity contribution in [3.05, 3.63) is 63.6 Å². The van der Waals surface area contributed by atoms with Crippen molar-refractivity contribution in [2.75, 3.05) is 13.2 Å². The Morgan fingerprint density at radius 1 is 1.17 bits per heavy atom. The van der Waals surface area contributed by atoms with Gasteiger partial charge in [0, 0.05) is 17.6 Å². The zero-order chi connectivity index (χ0) is 22.1. The number of carbonyl (C=O) groups excluding carboxylic acids is 2. The predicted molar refractivity (Wildman–Crippen MR) is 123 cm³/mol. The lowest BCUT2D eigenvalue weighted by Gasteiger charge is -2.29. The van der Waals surface area contributed by atoms with Gasteiger partial charge < -0.3 is 15.0 Å². The Bertz CT molecular complexity index is 869. The van der Waals surface area contributed by atoms with Gasteiger partial charge in [0.2, 0.25) is 5.91 Å². The van der Waals surface area contributed by atoms with Gasteiger partial charge in [-0.25, -0.2) is 0 Å². The summed E-state index contributed by atoms with van der Waals surface area (Å²) in [6.45, 7) is 8.58. The molecule has 0 radical (unpaired) electrons. The highest BCUT2D eigenvalue weighted by Gasteiger charge is 2.26. The van der Waals surface area contributed by atoms with E-state index in [9.17, 15) is 9.59 Å². The number of rotatable bonds is 10. The molecule has 0 fully saturated rings. The first-order valence-electron chi connectivity index (χ1n) is 10.3. The largest absolute Gasteiger partial charge is 0.483 e. The quantitative estimate of drug-likeness (QED) is 0.504. The van der Waals surface area contributed by atoms with E-state index in [4.69, 9.17) is 4.74 Å². The number of hydrogen-bond acceptors (Lipinski definition) is 3. The first-order valence-corrected chi connectivity index (χ1v) is 11.1. The van der Waals surface area contributed by atoms with Gasteiger partial charge in [0.05, 0.1) is 0 Å². The number of carbonyl (C=O) groups is 2. The number of nitrogens with zero attached hydrogens (tertiary/aromatic N) is 1.